The smallest absolute Gasteiger partial charge is 0.261 e. The first-order valence-electron chi connectivity index (χ1n) is 5.70. The summed E-state index contributed by atoms with van der Waals surface area (Å²) < 4.78 is 40.1. The molecule has 2 aromatic rings. The highest BCUT2D eigenvalue weighted by Crippen LogP contribution is 2.25. The molecule has 0 aromatic heterocycles. The Hall–Kier alpha value is -1.34. The third-order valence-corrected chi connectivity index (χ3v) is 4.64. The van der Waals surface area contributed by atoms with Crippen molar-refractivity contribution in [1.29, 1.82) is 0 Å². The Morgan fingerprint density at radius 3 is 2.52 bits per heavy atom. The molecule has 0 saturated heterocycles. The Kier molecular flexibility index (Phi) is 4.73. The van der Waals surface area contributed by atoms with Crippen molar-refractivity contribution in [2.75, 3.05) is 4.72 Å². The second kappa shape index (κ2) is 6.19. The molecule has 0 amide bonds. The molecule has 0 aliphatic heterocycles. The number of nitrogens with one attached hydrogen (secondary N) is 1. The highest BCUT2D eigenvalue weighted by Gasteiger charge is 2.18. The SMILES string of the molecule is O=S(=O)(Nc1cc(Cl)ccc1F)c1ccc(Cl)c(CO)c1. The van der Waals surface area contributed by atoms with E-state index in [9.17, 15) is 12.8 Å². The minimum atomic E-state index is -4.02. The molecule has 0 atom stereocenters. The van der Waals surface area contributed by atoms with Crippen LogP contribution in [0.15, 0.2) is 41.3 Å². The zero-order chi connectivity index (χ0) is 15.6. The summed E-state index contributed by atoms with van der Waals surface area (Å²) in [5.41, 5.74) is -0.00546. The molecular formula is C13H10Cl2FNO3S. The molecule has 0 heterocycles. The fraction of sp³-hybridized carbons (Fsp3) is 0.0769. The first-order chi connectivity index (χ1) is 9.83. The van der Waals surface area contributed by atoms with Gasteiger partial charge in [-0.3, -0.25) is 4.72 Å². The van der Waals surface area contributed by atoms with Gasteiger partial charge in [0.1, 0.15) is 5.82 Å². The Morgan fingerprint density at radius 1 is 1.14 bits per heavy atom. The van der Waals surface area contributed by atoms with Crippen LogP contribution in [0.2, 0.25) is 10.0 Å². The molecule has 4 nitrogen and oxygen atoms in total. The van der Waals surface area contributed by atoms with E-state index in [2.05, 4.69) is 4.72 Å². The maximum Gasteiger partial charge on any atom is 0.261 e. The van der Waals surface area contributed by atoms with Crippen molar-refractivity contribution in [2.45, 2.75) is 11.5 Å². The van der Waals surface area contributed by atoms with Gasteiger partial charge in [0.2, 0.25) is 0 Å². The third kappa shape index (κ3) is 3.65. The van der Waals surface area contributed by atoms with E-state index in [4.69, 9.17) is 28.3 Å². The first-order valence-corrected chi connectivity index (χ1v) is 7.94. The summed E-state index contributed by atoms with van der Waals surface area (Å²) in [4.78, 5) is -0.143. The van der Waals surface area contributed by atoms with Crippen LogP contribution in [0.5, 0.6) is 0 Å². The van der Waals surface area contributed by atoms with E-state index in [-0.39, 0.29) is 26.2 Å². The average molecular weight is 350 g/mol. The molecule has 21 heavy (non-hydrogen) atoms. The fourth-order valence-corrected chi connectivity index (χ4v) is 3.08. The van der Waals surface area contributed by atoms with Crippen molar-refractivity contribution < 1.29 is 17.9 Å². The molecular weight excluding hydrogens is 340 g/mol. The van der Waals surface area contributed by atoms with Crippen LogP contribution in [0.25, 0.3) is 0 Å². The number of rotatable bonds is 4. The van der Waals surface area contributed by atoms with Crippen molar-refractivity contribution >= 4 is 38.9 Å². The normalized spacial score (nSPS) is 11.4. The van der Waals surface area contributed by atoms with Gasteiger partial charge in [-0.2, -0.15) is 0 Å². The molecule has 8 heteroatoms. The van der Waals surface area contributed by atoms with Crippen LogP contribution in [0.3, 0.4) is 0 Å². The van der Waals surface area contributed by atoms with E-state index >= 15 is 0 Å². The molecule has 0 bridgehead atoms. The van der Waals surface area contributed by atoms with Crippen molar-refractivity contribution in [3.8, 4) is 0 Å². The second-order valence-corrected chi connectivity index (χ2v) is 6.67. The topological polar surface area (TPSA) is 66.4 Å². The molecule has 0 spiro atoms. The molecule has 0 unspecified atom stereocenters. The summed E-state index contributed by atoms with van der Waals surface area (Å²) in [6, 6.07) is 7.34. The standard InChI is InChI=1S/C13H10Cl2FNO3S/c14-9-1-4-12(16)13(6-9)17-21(19,20)10-2-3-11(15)8(5-10)7-18/h1-6,17-18H,7H2. The van der Waals surface area contributed by atoms with Gasteiger partial charge in [-0.1, -0.05) is 23.2 Å². The Labute approximate surface area is 131 Å². The summed E-state index contributed by atoms with van der Waals surface area (Å²) in [6.45, 7) is -0.409. The third-order valence-electron chi connectivity index (χ3n) is 2.67. The molecule has 2 aromatic carbocycles. The van der Waals surface area contributed by atoms with Crippen LogP contribution in [0, 0.1) is 5.82 Å². The van der Waals surface area contributed by atoms with Gasteiger partial charge in [0.15, 0.2) is 0 Å². The summed E-state index contributed by atoms with van der Waals surface area (Å²) in [5, 5.41) is 9.54. The molecule has 0 aliphatic carbocycles. The number of hydrogen-bond acceptors (Lipinski definition) is 3. The van der Waals surface area contributed by atoms with Crippen LogP contribution in [0.4, 0.5) is 10.1 Å². The zero-order valence-corrected chi connectivity index (χ0v) is 12.8. The summed E-state index contributed by atoms with van der Waals surface area (Å²) in [7, 11) is -4.02. The minimum absolute atomic E-state index is 0.143. The van der Waals surface area contributed by atoms with Crippen molar-refractivity contribution in [3.63, 3.8) is 0 Å². The summed E-state index contributed by atoms with van der Waals surface area (Å²) >= 11 is 11.5. The predicted molar refractivity (Wildman–Crippen MR) is 79.6 cm³/mol. The Morgan fingerprint density at radius 2 is 1.86 bits per heavy atom. The fourth-order valence-electron chi connectivity index (χ4n) is 1.62. The van der Waals surface area contributed by atoms with Gasteiger partial charge in [0.05, 0.1) is 17.2 Å². The van der Waals surface area contributed by atoms with E-state index in [1.807, 2.05) is 0 Å². The summed E-state index contributed by atoms with van der Waals surface area (Å²) in [5.74, 6) is -0.751. The maximum absolute atomic E-state index is 13.6. The number of sulfonamides is 1. The van der Waals surface area contributed by atoms with Gasteiger partial charge in [0.25, 0.3) is 10.0 Å². The van der Waals surface area contributed by atoms with Crippen LogP contribution in [-0.4, -0.2) is 13.5 Å². The van der Waals surface area contributed by atoms with Gasteiger partial charge in [-0.05, 0) is 42.0 Å². The van der Waals surface area contributed by atoms with Crippen LogP contribution >= 0.6 is 23.2 Å². The van der Waals surface area contributed by atoms with Crippen LogP contribution < -0.4 is 4.72 Å². The lowest BCUT2D eigenvalue weighted by atomic mass is 10.2. The largest absolute Gasteiger partial charge is 0.392 e. The number of aliphatic hydroxyl groups is 1. The minimum Gasteiger partial charge on any atom is -0.392 e. The lowest BCUT2D eigenvalue weighted by Crippen LogP contribution is -2.14. The highest BCUT2D eigenvalue weighted by molar-refractivity contribution is 7.92. The van der Waals surface area contributed by atoms with E-state index in [0.717, 1.165) is 12.1 Å². The number of aliphatic hydroxyl groups excluding tert-OH is 1. The Bertz CT molecular complexity index is 781. The molecule has 2 rings (SSSR count). The van der Waals surface area contributed by atoms with Crippen molar-refractivity contribution in [1.82, 2.24) is 0 Å². The molecule has 0 aliphatic rings. The molecule has 2 N–H and O–H groups in total. The highest BCUT2D eigenvalue weighted by atomic mass is 35.5. The van der Waals surface area contributed by atoms with Gasteiger partial charge < -0.3 is 5.11 Å². The van der Waals surface area contributed by atoms with Gasteiger partial charge in [0, 0.05) is 10.0 Å². The van der Waals surface area contributed by atoms with Crippen LogP contribution in [-0.2, 0) is 16.6 Å². The summed E-state index contributed by atoms with van der Waals surface area (Å²) in [6.07, 6.45) is 0. The maximum atomic E-state index is 13.6. The first kappa shape index (κ1) is 16.0. The number of halogens is 3. The van der Waals surface area contributed by atoms with E-state index < -0.39 is 22.4 Å². The quantitative estimate of drug-likeness (QED) is 0.888. The van der Waals surface area contributed by atoms with E-state index in [1.54, 1.807) is 0 Å². The molecule has 0 radical (unpaired) electrons. The second-order valence-electron chi connectivity index (χ2n) is 4.14. The predicted octanol–water partition coefficient (Wildman–Crippen LogP) is 3.43. The lowest BCUT2D eigenvalue weighted by molar-refractivity contribution is 0.281. The zero-order valence-electron chi connectivity index (χ0n) is 10.5. The van der Waals surface area contributed by atoms with Crippen molar-refractivity contribution in [3.05, 3.63) is 57.8 Å². The molecule has 0 fully saturated rings. The van der Waals surface area contributed by atoms with Gasteiger partial charge >= 0.3 is 0 Å². The van der Waals surface area contributed by atoms with E-state index in [0.29, 0.717) is 0 Å². The number of benzene rings is 2. The number of anilines is 1. The van der Waals surface area contributed by atoms with Gasteiger partial charge in [-0.25, -0.2) is 12.8 Å². The van der Waals surface area contributed by atoms with Crippen LogP contribution in [0.1, 0.15) is 5.56 Å². The number of hydrogen-bond donors (Lipinski definition) is 2. The van der Waals surface area contributed by atoms with E-state index in [1.165, 1.54) is 24.3 Å². The van der Waals surface area contributed by atoms with Gasteiger partial charge in [-0.15, -0.1) is 0 Å². The monoisotopic (exact) mass is 349 g/mol. The molecule has 112 valence electrons. The van der Waals surface area contributed by atoms with Crippen molar-refractivity contribution in [2.24, 2.45) is 0 Å². The average Bonchev–Trinajstić information content (AvgIpc) is 2.43. The Balaban J connectivity index is 2.41. The molecule has 0 saturated carbocycles. The lowest BCUT2D eigenvalue weighted by Gasteiger charge is -2.10.